The van der Waals surface area contributed by atoms with Crippen molar-refractivity contribution in [2.75, 3.05) is 13.2 Å². The molecule has 1 aliphatic heterocycles. The zero-order valence-corrected chi connectivity index (χ0v) is 16.0. The normalized spacial score (nSPS) is 22.3. The number of hydrogen-bond donors (Lipinski definition) is 0. The van der Waals surface area contributed by atoms with E-state index in [-0.39, 0.29) is 6.29 Å². The van der Waals surface area contributed by atoms with Crippen LogP contribution in [-0.4, -0.2) is 33.9 Å². The van der Waals surface area contributed by atoms with Crippen LogP contribution in [0.3, 0.4) is 0 Å². The van der Waals surface area contributed by atoms with Gasteiger partial charge in [0.05, 0.1) is 6.10 Å². The minimum Gasteiger partial charge on any atom is -0.417 e. The molecule has 0 spiro atoms. The molecule has 0 radical (unpaired) electrons. The van der Waals surface area contributed by atoms with Gasteiger partial charge in [-0.3, -0.25) is 0 Å². The van der Waals surface area contributed by atoms with Crippen molar-refractivity contribution in [2.45, 2.75) is 96.7 Å². The second-order valence-electron chi connectivity index (χ2n) is 7.85. The van der Waals surface area contributed by atoms with Crippen molar-refractivity contribution in [3.63, 3.8) is 0 Å². The summed E-state index contributed by atoms with van der Waals surface area (Å²) >= 11 is 0. The van der Waals surface area contributed by atoms with E-state index in [0.717, 1.165) is 32.5 Å². The Labute approximate surface area is 132 Å². The van der Waals surface area contributed by atoms with Gasteiger partial charge in [-0.05, 0) is 63.6 Å². The summed E-state index contributed by atoms with van der Waals surface area (Å²) < 4.78 is 17.8. The monoisotopic (exact) mass is 316 g/mol. The summed E-state index contributed by atoms with van der Waals surface area (Å²) in [6.45, 7) is 15.4. The Morgan fingerprint density at radius 1 is 1.19 bits per heavy atom. The van der Waals surface area contributed by atoms with E-state index in [2.05, 4.69) is 40.8 Å². The van der Waals surface area contributed by atoms with Crippen LogP contribution in [0.4, 0.5) is 0 Å². The summed E-state index contributed by atoms with van der Waals surface area (Å²) in [5.41, 5.74) is 0. The average Bonchev–Trinajstić information content (AvgIpc) is 2.38. The molecule has 1 saturated heterocycles. The van der Waals surface area contributed by atoms with E-state index < -0.39 is 8.32 Å². The third-order valence-electron chi connectivity index (χ3n) is 4.80. The minimum atomic E-state index is -1.57. The predicted molar refractivity (Wildman–Crippen MR) is 91.1 cm³/mol. The van der Waals surface area contributed by atoms with Crippen LogP contribution in [-0.2, 0) is 13.9 Å². The molecule has 21 heavy (non-hydrogen) atoms. The quantitative estimate of drug-likeness (QED) is 0.460. The molecule has 126 valence electrons. The van der Waals surface area contributed by atoms with E-state index in [1.54, 1.807) is 0 Å². The summed E-state index contributed by atoms with van der Waals surface area (Å²) in [5.74, 6) is 0. The molecule has 0 saturated carbocycles. The van der Waals surface area contributed by atoms with Gasteiger partial charge in [-0.1, -0.05) is 20.8 Å². The van der Waals surface area contributed by atoms with E-state index in [4.69, 9.17) is 13.9 Å². The topological polar surface area (TPSA) is 27.7 Å². The molecule has 2 unspecified atom stereocenters. The second kappa shape index (κ2) is 8.66. The van der Waals surface area contributed by atoms with E-state index in [9.17, 15) is 0 Å². The van der Waals surface area contributed by atoms with E-state index in [0.29, 0.717) is 11.1 Å². The first-order valence-corrected chi connectivity index (χ1v) is 11.5. The maximum Gasteiger partial charge on any atom is 0.191 e. The third-order valence-corrected chi connectivity index (χ3v) is 9.33. The fourth-order valence-corrected chi connectivity index (χ4v) is 3.31. The van der Waals surface area contributed by atoms with Crippen LogP contribution in [0.2, 0.25) is 18.1 Å². The molecule has 0 bridgehead atoms. The number of hydrogen-bond acceptors (Lipinski definition) is 3. The zero-order chi connectivity index (χ0) is 15.9. The van der Waals surface area contributed by atoms with Gasteiger partial charge in [0.25, 0.3) is 0 Å². The molecule has 0 N–H and O–H groups in total. The zero-order valence-electron chi connectivity index (χ0n) is 15.0. The van der Waals surface area contributed by atoms with Gasteiger partial charge in [0.15, 0.2) is 14.6 Å². The molecule has 0 amide bonds. The molecule has 4 heteroatoms. The standard InChI is InChI=1S/C17H36O3Si/c1-15(20-16-12-8-9-13-18-16)11-7-10-14-19-21(5,6)17(2,3)4/h15-16H,7-14H2,1-6H3. The van der Waals surface area contributed by atoms with Crippen LogP contribution in [0, 0.1) is 0 Å². The molecule has 0 aromatic heterocycles. The maximum absolute atomic E-state index is 6.20. The van der Waals surface area contributed by atoms with E-state index >= 15 is 0 Å². The Bertz CT molecular complexity index is 280. The highest BCUT2D eigenvalue weighted by molar-refractivity contribution is 6.74. The molecule has 2 atom stereocenters. The maximum atomic E-state index is 6.20. The molecule has 0 aromatic carbocycles. The lowest BCUT2D eigenvalue weighted by Crippen LogP contribution is -2.40. The SMILES string of the molecule is CC(CCCCO[Si](C)(C)C(C)(C)C)OC1CCCCO1. The second-order valence-corrected chi connectivity index (χ2v) is 12.7. The highest BCUT2D eigenvalue weighted by Crippen LogP contribution is 2.36. The molecular weight excluding hydrogens is 280 g/mol. The highest BCUT2D eigenvalue weighted by atomic mass is 28.4. The van der Waals surface area contributed by atoms with Crippen molar-refractivity contribution in [1.29, 1.82) is 0 Å². The Morgan fingerprint density at radius 3 is 2.48 bits per heavy atom. The smallest absolute Gasteiger partial charge is 0.191 e. The lowest BCUT2D eigenvalue weighted by molar-refractivity contribution is -0.185. The average molecular weight is 317 g/mol. The largest absolute Gasteiger partial charge is 0.417 e. The minimum absolute atomic E-state index is 0.0391. The summed E-state index contributed by atoms with van der Waals surface area (Å²) in [6, 6.07) is 0. The van der Waals surface area contributed by atoms with Crippen LogP contribution in [0.5, 0.6) is 0 Å². The molecule has 1 rings (SSSR count). The van der Waals surface area contributed by atoms with Crippen molar-refractivity contribution in [2.24, 2.45) is 0 Å². The fraction of sp³-hybridized carbons (Fsp3) is 1.00. The summed E-state index contributed by atoms with van der Waals surface area (Å²) in [7, 11) is -1.57. The molecule has 1 aliphatic rings. The van der Waals surface area contributed by atoms with Crippen LogP contribution >= 0.6 is 0 Å². The van der Waals surface area contributed by atoms with Crippen molar-refractivity contribution in [3.8, 4) is 0 Å². The van der Waals surface area contributed by atoms with Crippen molar-refractivity contribution in [3.05, 3.63) is 0 Å². The Kier molecular flexibility index (Phi) is 7.89. The van der Waals surface area contributed by atoms with E-state index in [1.165, 1.54) is 19.3 Å². The number of ether oxygens (including phenoxy) is 2. The summed E-state index contributed by atoms with van der Waals surface area (Å²) in [5, 5.41) is 0.307. The van der Waals surface area contributed by atoms with Gasteiger partial charge in [-0.25, -0.2) is 0 Å². The van der Waals surface area contributed by atoms with Crippen molar-refractivity contribution < 1.29 is 13.9 Å². The highest BCUT2D eigenvalue weighted by Gasteiger charge is 2.36. The molecule has 0 aromatic rings. The van der Waals surface area contributed by atoms with Crippen LogP contribution in [0.25, 0.3) is 0 Å². The molecular formula is C17H36O3Si. The molecule has 1 fully saturated rings. The van der Waals surface area contributed by atoms with Crippen LogP contribution in [0.15, 0.2) is 0 Å². The molecule has 3 nitrogen and oxygen atoms in total. The first kappa shape index (κ1) is 19.1. The van der Waals surface area contributed by atoms with Gasteiger partial charge >= 0.3 is 0 Å². The lowest BCUT2D eigenvalue weighted by atomic mass is 10.1. The van der Waals surface area contributed by atoms with Gasteiger partial charge in [-0.15, -0.1) is 0 Å². The fourth-order valence-electron chi connectivity index (χ4n) is 2.22. The lowest BCUT2D eigenvalue weighted by Gasteiger charge is -2.36. The van der Waals surface area contributed by atoms with Crippen LogP contribution in [0.1, 0.15) is 66.2 Å². The third kappa shape index (κ3) is 7.27. The first-order valence-electron chi connectivity index (χ1n) is 8.63. The first-order chi connectivity index (χ1) is 9.72. The van der Waals surface area contributed by atoms with Crippen molar-refractivity contribution in [1.82, 2.24) is 0 Å². The van der Waals surface area contributed by atoms with Crippen molar-refractivity contribution >= 4 is 8.32 Å². The predicted octanol–water partition coefficient (Wildman–Crippen LogP) is 5.11. The Hall–Kier alpha value is 0.0969. The summed E-state index contributed by atoms with van der Waals surface area (Å²) in [4.78, 5) is 0. The molecule has 0 aliphatic carbocycles. The Morgan fingerprint density at radius 2 is 1.90 bits per heavy atom. The van der Waals surface area contributed by atoms with E-state index in [1.807, 2.05) is 0 Å². The van der Waals surface area contributed by atoms with Gasteiger partial charge in [0.2, 0.25) is 0 Å². The van der Waals surface area contributed by atoms with Gasteiger partial charge < -0.3 is 13.9 Å². The number of rotatable bonds is 8. The molecule has 1 heterocycles. The summed E-state index contributed by atoms with van der Waals surface area (Å²) in [6.07, 6.45) is 7.20. The number of unbranched alkanes of at least 4 members (excludes halogenated alkanes) is 1. The van der Waals surface area contributed by atoms with Gasteiger partial charge in [0.1, 0.15) is 0 Å². The van der Waals surface area contributed by atoms with Gasteiger partial charge in [-0.2, -0.15) is 0 Å². The Balaban J connectivity index is 2.08. The van der Waals surface area contributed by atoms with Crippen LogP contribution < -0.4 is 0 Å². The van der Waals surface area contributed by atoms with Gasteiger partial charge in [0, 0.05) is 13.2 Å².